The molecule has 0 heterocycles. The summed E-state index contributed by atoms with van der Waals surface area (Å²) in [5.41, 5.74) is 1.35. The Hall–Kier alpha value is -1.35. The van der Waals surface area contributed by atoms with Gasteiger partial charge in [0.15, 0.2) is 0 Å². The zero-order valence-corrected chi connectivity index (χ0v) is 12.2. The molecule has 0 aliphatic rings. The molecule has 3 nitrogen and oxygen atoms in total. The topological polar surface area (TPSA) is 40.5 Å². The monoisotopic (exact) mass is 263 g/mol. The molecule has 1 N–H and O–H groups in total. The molecule has 0 aromatic heterocycles. The lowest BCUT2D eigenvalue weighted by Crippen LogP contribution is -2.35. The lowest BCUT2D eigenvalue weighted by atomic mass is 9.97. The number of carboxylic acid groups (broad SMARTS) is 1. The van der Waals surface area contributed by atoms with Crippen molar-refractivity contribution in [2.75, 3.05) is 13.1 Å². The van der Waals surface area contributed by atoms with E-state index in [9.17, 15) is 4.79 Å². The van der Waals surface area contributed by atoms with Crippen molar-refractivity contribution in [3.8, 4) is 0 Å². The number of aliphatic carboxylic acids is 1. The van der Waals surface area contributed by atoms with Crippen LogP contribution in [0.1, 0.15) is 45.1 Å². The third-order valence-corrected chi connectivity index (χ3v) is 3.72. The summed E-state index contributed by atoms with van der Waals surface area (Å²) < 4.78 is 0. The van der Waals surface area contributed by atoms with Gasteiger partial charge in [-0.2, -0.15) is 0 Å². The van der Waals surface area contributed by atoms with Gasteiger partial charge in [-0.25, -0.2) is 0 Å². The van der Waals surface area contributed by atoms with Crippen LogP contribution in [0.25, 0.3) is 0 Å². The van der Waals surface area contributed by atoms with Gasteiger partial charge >= 0.3 is 5.97 Å². The fourth-order valence-electron chi connectivity index (χ4n) is 2.38. The number of carbonyl (C=O) groups is 1. The number of benzene rings is 1. The molecule has 0 saturated heterocycles. The van der Waals surface area contributed by atoms with Crippen molar-refractivity contribution >= 4 is 5.97 Å². The molecule has 1 aromatic rings. The van der Waals surface area contributed by atoms with E-state index >= 15 is 0 Å². The minimum absolute atomic E-state index is 0.102. The average Bonchev–Trinajstić information content (AvgIpc) is 2.39. The Morgan fingerprint density at radius 2 is 1.89 bits per heavy atom. The van der Waals surface area contributed by atoms with Crippen LogP contribution in [-0.4, -0.2) is 35.1 Å². The first-order chi connectivity index (χ1) is 9.04. The van der Waals surface area contributed by atoms with E-state index in [2.05, 4.69) is 43.0 Å². The largest absolute Gasteiger partial charge is 0.481 e. The number of carboxylic acids is 1. The highest BCUT2D eigenvalue weighted by molar-refractivity contribution is 5.67. The van der Waals surface area contributed by atoms with E-state index in [-0.39, 0.29) is 12.5 Å². The standard InChI is InChI=1S/C16H25NO2/c1-4-17(14(3)12-16(18)19)11-10-13(2)15-8-6-5-7-9-15/h5-9,13-14H,4,10-12H2,1-3H3,(H,18,19). The van der Waals surface area contributed by atoms with Crippen LogP contribution in [0.15, 0.2) is 30.3 Å². The summed E-state index contributed by atoms with van der Waals surface area (Å²) in [4.78, 5) is 13.0. The molecule has 0 saturated carbocycles. The molecule has 0 fully saturated rings. The van der Waals surface area contributed by atoms with Crippen LogP contribution in [0.2, 0.25) is 0 Å². The second-order valence-corrected chi connectivity index (χ2v) is 5.18. The van der Waals surface area contributed by atoms with Crippen molar-refractivity contribution in [3.63, 3.8) is 0 Å². The van der Waals surface area contributed by atoms with Crippen molar-refractivity contribution in [1.82, 2.24) is 4.90 Å². The van der Waals surface area contributed by atoms with Gasteiger partial charge in [0.05, 0.1) is 6.42 Å². The van der Waals surface area contributed by atoms with E-state index in [1.165, 1.54) is 5.56 Å². The molecule has 3 heteroatoms. The van der Waals surface area contributed by atoms with Crippen LogP contribution < -0.4 is 0 Å². The molecule has 0 radical (unpaired) electrons. The van der Waals surface area contributed by atoms with Crippen molar-refractivity contribution in [2.24, 2.45) is 0 Å². The highest BCUT2D eigenvalue weighted by Gasteiger charge is 2.16. The van der Waals surface area contributed by atoms with Gasteiger partial charge < -0.3 is 10.0 Å². The van der Waals surface area contributed by atoms with Gasteiger partial charge in [-0.15, -0.1) is 0 Å². The van der Waals surface area contributed by atoms with E-state index in [1.54, 1.807) is 0 Å². The summed E-state index contributed by atoms with van der Waals surface area (Å²) in [5.74, 6) is -0.214. The van der Waals surface area contributed by atoms with Gasteiger partial charge in [0.1, 0.15) is 0 Å². The molecular formula is C16H25NO2. The fourth-order valence-corrected chi connectivity index (χ4v) is 2.38. The molecular weight excluding hydrogens is 238 g/mol. The summed E-state index contributed by atoms with van der Waals surface area (Å²) in [7, 11) is 0. The molecule has 0 aliphatic carbocycles. The summed E-state index contributed by atoms with van der Waals surface area (Å²) in [6.45, 7) is 8.15. The Morgan fingerprint density at radius 3 is 2.42 bits per heavy atom. The first-order valence-corrected chi connectivity index (χ1v) is 7.05. The van der Waals surface area contributed by atoms with Crippen molar-refractivity contribution in [1.29, 1.82) is 0 Å². The average molecular weight is 263 g/mol. The van der Waals surface area contributed by atoms with Crippen LogP contribution in [0.3, 0.4) is 0 Å². The fraction of sp³-hybridized carbons (Fsp3) is 0.562. The number of hydrogen-bond donors (Lipinski definition) is 1. The number of nitrogens with zero attached hydrogens (tertiary/aromatic N) is 1. The molecule has 1 rings (SSSR count). The summed E-state index contributed by atoms with van der Waals surface area (Å²) in [6.07, 6.45) is 1.27. The zero-order chi connectivity index (χ0) is 14.3. The van der Waals surface area contributed by atoms with Gasteiger partial charge in [-0.1, -0.05) is 44.2 Å². The Kier molecular flexibility index (Phi) is 6.57. The summed E-state index contributed by atoms with van der Waals surface area (Å²) in [5, 5.41) is 8.86. The minimum atomic E-state index is -0.720. The van der Waals surface area contributed by atoms with Crippen LogP contribution >= 0.6 is 0 Å². The highest BCUT2D eigenvalue weighted by Crippen LogP contribution is 2.19. The first-order valence-electron chi connectivity index (χ1n) is 7.05. The second kappa shape index (κ2) is 7.95. The van der Waals surface area contributed by atoms with Crippen molar-refractivity contribution < 1.29 is 9.90 Å². The molecule has 0 bridgehead atoms. The Labute approximate surface area is 116 Å². The van der Waals surface area contributed by atoms with Gasteiger partial charge in [0, 0.05) is 6.04 Å². The molecule has 0 amide bonds. The van der Waals surface area contributed by atoms with Crippen LogP contribution in [0.4, 0.5) is 0 Å². The van der Waals surface area contributed by atoms with E-state index in [4.69, 9.17) is 5.11 Å². The Morgan fingerprint density at radius 1 is 1.26 bits per heavy atom. The van der Waals surface area contributed by atoms with Gasteiger partial charge in [0.25, 0.3) is 0 Å². The third kappa shape index (κ3) is 5.43. The summed E-state index contributed by atoms with van der Waals surface area (Å²) in [6, 6.07) is 10.6. The number of hydrogen-bond acceptors (Lipinski definition) is 2. The second-order valence-electron chi connectivity index (χ2n) is 5.18. The lowest BCUT2D eigenvalue weighted by Gasteiger charge is -2.28. The van der Waals surface area contributed by atoms with Crippen LogP contribution in [-0.2, 0) is 4.79 Å². The van der Waals surface area contributed by atoms with Gasteiger partial charge in [-0.05, 0) is 37.9 Å². The maximum Gasteiger partial charge on any atom is 0.304 e. The zero-order valence-electron chi connectivity index (χ0n) is 12.2. The Bertz CT molecular complexity index is 378. The molecule has 0 spiro atoms. The van der Waals surface area contributed by atoms with Gasteiger partial charge in [-0.3, -0.25) is 4.79 Å². The van der Waals surface area contributed by atoms with E-state index in [0.717, 1.165) is 19.5 Å². The molecule has 19 heavy (non-hydrogen) atoms. The predicted molar refractivity (Wildman–Crippen MR) is 78.4 cm³/mol. The molecule has 1 aromatic carbocycles. The highest BCUT2D eigenvalue weighted by atomic mass is 16.4. The van der Waals surface area contributed by atoms with E-state index in [1.807, 2.05) is 13.0 Å². The molecule has 106 valence electrons. The SMILES string of the molecule is CCN(CCC(C)c1ccccc1)C(C)CC(=O)O. The summed E-state index contributed by atoms with van der Waals surface area (Å²) >= 11 is 0. The predicted octanol–water partition coefficient (Wildman–Crippen LogP) is 3.37. The number of rotatable bonds is 8. The Balaban J connectivity index is 2.47. The van der Waals surface area contributed by atoms with Crippen molar-refractivity contribution in [3.05, 3.63) is 35.9 Å². The normalized spacial score (nSPS) is 14.3. The van der Waals surface area contributed by atoms with E-state index in [0.29, 0.717) is 5.92 Å². The minimum Gasteiger partial charge on any atom is -0.481 e. The van der Waals surface area contributed by atoms with Crippen molar-refractivity contribution in [2.45, 2.75) is 45.6 Å². The molecule has 2 unspecified atom stereocenters. The lowest BCUT2D eigenvalue weighted by molar-refractivity contribution is -0.138. The van der Waals surface area contributed by atoms with E-state index < -0.39 is 5.97 Å². The quantitative estimate of drug-likeness (QED) is 0.781. The van der Waals surface area contributed by atoms with Crippen LogP contribution in [0, 0.1) is 0 Å². The van der Waals surface area contributed by atoms with Crippen LogP contribution in [0.5, 0.6) is 0 Å². The molecule has 2 atom stereocenters. The first kappa shape index (κ1) is 15.7. The van der Waals surface area contributed by atoms with Gasteiger partial charge in [0.2, 0.25) is 0 Å². The third-order valence-electron chi connectivity index (χ3n) is 3.72. The smallest absolute Gasteiger partial charge is 0.304 e. The molecule has 0 aliphatic heterocycles. The maximum atomic E-state index is 10.8. The maximum absolute atomic E-state index is 10.8.